The minimum Gasteiger partial charge on any atom is -0.366 e. The maximum absolute atomic E-state index is 13.9. The van der Waals surface area contributed by atoms with Crippen LogP contribution >= 0.6 is 0 Å². The van der Waals surface area contributed by atoms with Crippen molar-refractivity contribution in [3.63, 3.8) is 0 Å². The molecular weight excluding hydrogens is 357 g/mol. The predicted octanol–water partition coefficient (Wildman–Crippen LogP) is 1.77. The minimum atomic E-state index is -3.54. The first kappa shape index (κ1) is 18.4. The number of benzene rings is 1. The number of anilines is 3. The summed E-state index contributed by atoms with van der Waals surface area (Å²) >= 11 is 0. The summed E-state index contributed by atoms with van der Waals surface area (Å²) in [4.78, 5) is 8.47. The molecule has 26 heavy (non-hydrogen) atoms. The van der Waals surface area contributed by atoms with E-state index in [1.807, 2.05) is 11.0 Å². The fraction of sp³-hybridized carbons (Fsp3) is 0.353. The van der Waals surface area contributed by atoms with Crippen LogP contribution in [-0.2, 0) is 10.2 Å². The Morgan fingerprint density at radius 3 is 2.27 bits per heavy atom. The standard InChI is InChI=1S/C17H22FN5O2S/c1-21(2)26(24,25)20-14-7-8-17(19-13-14)23-11-9-22(10-12-23)16-6-4-3-5-15(16)18/h3-8,13,20H,9-12H2,1-2H3. The number of halogens is 1. The van der Waals surface area contributed by atoms with Crippen molar-refractivity contribution in [1.82, 2.24) is 9.29 Å². The van der Waals surface area contributed by atoms with E-state index < -0.39 is 10.2 Å². The molecule has 0 aliphatic carbocycles. The number of hydrogen-bond acceptors (Lipinski definition) is 5. The smallest absolute Gasteiger partial charge is 0.301 e. The summed E-state index contributed by atoms with van der Waals surface area (Å²) in [5, 5.41) is 0. The van der Waals surface area contributed by atoms with Gasteiger partial charge in [-0.3, -0.25) is 4.72 Å². The number of piperazine rings is 1. The summed E-state index contributed by atoms with van der Waals surface area (Å²) < 4.78 is 41.1. The largest absolute Gasteiger partial charge is 0.366 e. The van der Waals surface area contributed by atoms with E-state index >= 15 is 0 Å². The molecule has 0 atom stereocenters. The van der Waals surface area contributed by atoms with Crippen LogP contribution in [0, 0.1) is 5.82 Å². The highest BCUT2D eigenvalue weighted by molar-refractivity contribution is 7.90. The number of hydrogen-bond donors (Lipinski definition) is 1. The van der Waals surface area contributed by atoms with Crippen molar-refractivity contribution in [2.75, 3.05) is 54.8 Å². The van der Waals surface area contributed by atoms with E-state index in [1.165, 1.54) is 26.4 Å². The first-order valence-electron chi connectivity index (χ1n) is 8.27. The summed E-state index contributed by atoms with van der Waals surface area (Å²) in [6.45, 7) is 2.81. The number of rotatable bonds is 5. The van der Waals surface area contributed by atoms with Crippen LogP contribution in [0.2, 0.25) is 0 Å². The number of pyridine rings is 1. The van der Waals surface area contributed by atoms with E-state index in [4.69, 9.17) is 0 Å². The minimum absolute atomic E-state index is 0.211. The molecule has 2 heterocycles. The Kier molecular flexibility index (Phi) is 5.28. The zero-order valence-electron chi connectivity index (χ0n) is 14.8. The molecule has 1 N–H and O–H groups in total. The Balaban J connectivity index is 1.62. The third-order valence-corrected chi connectivity index (χ3v) is 5.73. The van der Waals surface area contributed by atoms with Gasteiger partial charge in [0.05, 0.1) is 17.6 Å². The van der Waals surface area contributed by atoms with E-state index in [0.717, 1.165) is 10.1 Å². The van der Waals surface area contributed by atoms with Crippen molar-refractivity contribution < 1.29 is 12.8 Å². The molecule has 1 aliphatic rings. The maximum atomic E-state index is 13.9. The van der Waals surface area contributed by atoms with E-state index in [2.05, 4.69) is 14.6 Å². The number of aromatic nitrogens is 1. The van der Waals surface area contributed by atoms with Gasteiger partial charge in [-0.2, -0.15) is 12.7 Å². The summed E-state index contributed by atoms with van der Waals surface area (Å²) in [7, 11) is -0.628. The Labute approximate surface area is 153 Å². The van der Waals surface area contributed by atoms with Gasteiger partial charge >= 0.3 is 10.2 Å². The third kappa shape index (κ3) is 4.05. The Morgan fingerprint density at radius 2 is 1.69 bits per heavy atom. The van der Waals surface area contributed by atoms with Gasteiger partial charge in [0.1, 0.15) is 11.6 Å². The lowest BCUT2D eigenvalue weighted by Gasteiger charge is -2.36. The number of nitrogens with one attached hydrogen (secondary N) is 1. The highest BCUT2D eigenvalue weighted by atomic mass is 32.2. The SMILES string of the molecule is CN(C)S(=O)(=O)Nc1ccc(N2CCN(c3ccccc3F)CC2)nc1. The monoisotopic (exact) mass is 379 g/mol. The highest BCUT2D eigenvalue weighted by Gasteiger charge is 2.20. The maximum Gasteiger partial charge on any atom is 0.301 e. The van der Waals surface area contributed by atoms with Crippen LogP contribution in [0.15, 0.2) is 42.6 Å². The van der Waals surface area contributed by atoms with Crippen LogP contribution in [0.4, 0.5) is 21.6 Å². The second-order valence-corrected chi connectivity index (χ2v) is 8.10. The predicted molar refractivity (Wildman–Crippen MR) is 101 cm³/mol. The van der Waals surface area contributed by atoms with Gasteiger partial charge in [-0.1, -0.05) is 12.1 Å². The summed E-state index contributed by atoms with van der Waals surface area (Å²) in [5.74, 6) is 0.558. The molecule has 3 rings (SSSR count). The third-order valence-electron chi connectivity index (χ3n) is 4.27. The van der Waals surface area contributed by atoms with E-state index in [0.29, 0.717) is 37.6 Å². The quantitative estimate of drug-likeness (QED) is 0.858. The van der Waals surface area contributed by atoms with E-state index in [9.17, 15) is 12.8 Å². The van der Waals surface area contributed by atoms with Gasteiger partial charge in [-0.15, -0.1) is 0 Å². The lowest BCUT2D eigenvalue weighted by atomic mass is 10.2. The van der Waals surface area contributed by atoms with Crippen LogP contribution in [0.25, 0.3) is 0 Å². The van der Waals surface area contributed by atoms with Gasteiger partial charge in [-0.05, 0) is 24.3 Å². The molecule has 1 aliphatic heterocycles. The molecule has 1 saturated heterocycles. The molecule has 1 fully saturated rings. The van der Waals surface area contributed by atoms with Crippen molar-refractivity contribution >= 4 is 27.4 Å². The van der Waals surface area contributed by atoms with Gasteiger partial charge in [0.15, 0.2) is 0 Å². The second-order valence-electron chi connectivity index (χ2n) is 6.22. The van der Waals surface area contributed by atoms with Crippen LogP contribution in [0.1, 0.15) is 0 Å². The highest BCUT2D eigenvalue weighted by Crippen LogP contribution is 2.22. The molecule has 0 bridgehead atoms. The Hall–Kier alpha value is -2.39. The molecule has 0 amide bonds. The first-order chi connectivity index (χ1) is 12.4. The van der Waals surface area contributed by atoms with Crippen molar-refractivity contribution in [1.29, 1.82) is 0 Å². The molecule has 7 nitrogen and oxygen atoms in total. The molecule has 140 valence electrons. The van der Waals surface area contributed by atoms with Crippen LogP contribution in [0.3, 0.4) is 0 Å². The molecule has 1 aromatic carbocycles. The summed E-state index contributed by atoms with van der Waals surface area (Å²) in [6.07, 6.45) is 1.50. The second kappa shape index (κ2) is 7.46. The summed E-state index contributed by atoms with van der Waals surface area (Å²) in [6, 6.07) is 10.2. The lowest BCUT2D eigenvalue weighted by Crippen LogP contribution is -2.47. The van der Waals surface area contributed by atoms with E-state index in [1.54, 1.807) is 24.3 Å². The molecule has 2 aromatic rings. The fourth-order valence-corrected chi connectivity index (χ4v) is 3.36. The van der Waals surface area contributed by atoms with Gasteiger partial charge < -0.3 is 9.80 Å². The first-order valence-corrected chi connectivity index (χ1v) is 9.71. The molecule has 9 heteroatoms. The van der Waals surface area contributed by atoms with Crippen molar-refractivity contribution in [2.24, 2.45) is 0 Å². The number of para-hydroxylation sites is 1. The van der Waals surface area contributed by atoms with Gasteiger partial charge in [0.2, 0.25) is 0 Å². The molecule has 0 spiro atoms. The van der Waals surface area contributed by atoms with Crippen molar-refractivity contribution in [3.8, 4) is 0 Å². The van der Waals surface area contributed by atoms with Gasteiger partial charge in [0, 0.05) is 40.3 Å². The Bertz CT molecular complexity index is 850. The van der Waals surface area contributed by atoms with Gasteiger partial charge in [0.25, 0.3) is 0 Å². The average Bonchev–Trinajstić information content (AvgIpc) is 2.63. The van der Waals surface area contributed by atoms with Crippen molar-refractivity contribution in [2.45, 2.75) is 0 Å². The zero-order valence-corrected chi connectivity index (χ0v) is 15.6. The normalized spacial score (nSPS) is 15.4. The molecule has 0 unspecified atom stereocenters. The Morgan fingerprint density at radius 1 is 1.04 bits per heavy atom. The van der Waals surface area contributed by atoms with E-state index in [-0.39, 0.29) is 5.82 Å². The number of nitrogens with zero attached hydrogens (tertiary/aromatic N) is 4. The molecular formula is C17H22FN5O2S. The van der Waals surface area contributed by atoms with Crippen LogP contribution < -0.4 is 14.5 Å². The van der Waals surface area contributed by atoms with Crippen LogP contribution in [0.5, 0.6) is 0 Å². The zero-order chi connectivity index (χ0) is 18.7. The average molecular weight is 379 g/mol. The van der Waals surface area contributed by atoms with Crippen LogP contribution in [-0.4, -0.2) is 58.0 Å². The molecule has 1 aromatic heterocycles. The fourth-order valence-electron chi connectivity index (χ4n) is 2.76. The van der Waals surface area contributed by atoms with Gasteiger partial charge in [-0.25, -0.2) is 9.37 Å². The molecule has 0 saturated carbocycles. The lowest BCUT2D eigenvalue weighted by molar-refractivity contribution is 0.527. The topological polar surface area (TPSA) is 68.8 Å². The summed E-state index contributed by atoms with van der Waals surface area (Å²) in [5.41, 5.74) is 1.03. The van der Waals surface area contributed by atoms with Crippen molar-refractivity contribution in [3.05, 3.63) is 48.4 Å². The molecule has 0 radical (unpaired) electrons.